The Balaban J connectivity index is 0.000000136. The minimum atomic E-state index is 1.02. The molecular formula is C20H22N2S. The van der Waals surface area contributed by atoms with Gasteiger partial charge in [0.05, 0.1) is 0 Å². The zero-order valence-electron chi connectivity index (χ0n) is 14.0. The van der Waals surface area contributed by atoms with E-state index in [9.17, 15) is 0 Å². The highest BCUT2D eigenvalue weighted by atomic mass is 32.1. The lowest BCUT2D eigenvalue weighted by molar-refractivity contribution is 1.35. The number of fused-ring (bicyclic) bond motifs is 2. The summed E-state index contributed by atoms with van der Waals surface area (Å²) in [5.74, 6) is 0. The Hall–Kier alpha value is -2.13. The summed E-state index contributed by atoms with van der Waals surface area (Å²) in [5.41, 5.74) is 7.74. The fourth-order valence-corrected chi connectivity index (χ4v) is 2.94. The summed E-state index contributed by atoms with van der Waals surface area (Å²) in [6.45, 7) is 8.51. The van der Waals surface area contributed by atoms with Crippen LogP contribution in [-0.4, -0.2) is 9.97 Å². The van der Waals surface area contributed by atoms with E-state index in [0.29, 0.717) is 0 Å². The Labute approximate surface area is 142 Å². The second-order valence-electron chi connectivity index (χ2n) is 6.16. The van der Waals surface area contributed by atoms with E-state index in [1.54, 1.807) is 0 Å². The Kier molecular flexibility index (Phi) is 4.22. The molecule has 2 nitrogen and oxygen atoms in total. The molecule has 4 aromatic rings. The van der Waals surface area contributed by atoms with Crippen LogP contribution in [0.15, 0.2) is 47.6 Å². The molecule has 0 saturated heterocycles. The number of aromatic amines is 2. The third kappa shape index (κ3) is 3.15. The van der Waals surface area contributed by atoms with Gasteiger partial charge in [0.15, 0.2) is 0 Å². The molecule has 2 N–H and O–H groups in total. The van der Waals surface area contributed by atoms with E-state index in [1.807, 2.05) is 12.4 Å². The number of H-pyrrole nitrogens is 2. The van der Waals surface area contributed by atoms with Gasteiger partial charge < -0.3 is 9.97 Å². The Morgan fingerprint density at radius 2 is 1.35 bits per heavy atom. The van der Waals surface area contributed by atoms with Crippen molar-refractivity contribution >= 4 is 34.4 Å². The van der Waals surface area contributed by atoms with Crippen LogP contribution >= 0.6 is 12.6 Å². The molecule has 0 amide bonds. The van der Waals surface area contributed by atoms with Crippen molar-refractivity contribution in [2.75, 3.05) is 0 Å². The molecule has 0 saturated carbocycles. The third-order valence-corrected chi connectivity index (χ3v) is 4.81. The van der Waals surface area contributed by atoms with E-state index in [4.69, 9.17) is 0 Å². The van der Waals surface area contributed by atoms with Gasteiger partial charge in [0.2, 0.25) is 0 Å². The van der Waals surface area contributed by atoms with E-state index in [2.05, 4.69) is 80.6 Å². The van der Waals surface area contributed by atoms with Crippen molar-refractivity contribution in [3.8, 4) is 0 Å². The standard InChI is InChI=1S/C10H11NS.C10H11N/c1-6-3-8-9(4-7(6)2)11-5-10(8)12;1-7-5-9-3-4-11-10(9)6-8(7)2/h3-5,11-12H,1-2H3;3-6,11H,1-2H3. The first kappa shape index (κ1) is 15.8. The molecule has 0 bridgehead atoms. The van der Waals surface area contributed by atoms with Crippen molar-refractivity contribution < 1.29 is 0 Å². The van der Waals surface area contributed by atoms with Gasteiger partial charge in [-0.05, 0) is 85.7 Å². The van der Waals surface area contributed by atoms with Crippen molar-refractivity contribution in [3.63, 3.8) is 0 Å². The molecule has 118 valence electrons. The van der Waals surface area contributed by atoms with Crippen LogP contribution in [0, 0.1) is 27.7 Å². The van der Waals surface area contributed by atoms with Gasteiger partial charge in [-0.1, -0.05) is 0 Å². The largest absolute Gasteiger partial charge is 0.361 e. The van der Waals surface area contributed by atoms with Gasteiger partial charge >= 0.3 is 0 Å². The number of benzene rings is 2. The first-order valence-electron chi connectivity index (χ1n) is 7.77. The molecule has 0 unspecified atom stereocenters. The molecule has 0 atom stereocenters. The average Bonchev–Trinajstić information content (AvgIpc) is 3.09. The van der Waals surface area contributed by atoms with Gasteiger partial charge in [-0.25, -0.2) is 0 Å². The highest BCUT2D eigenvalue weighted by molar-refractivity contribution is 7.80. The second kappa shape index (κ2) is 6.17. The second-order valence-corrected chi connectivity index (χ2v) is 6.64. The number of aryl methyl sites for hydroxylation is 4. The maximum absolute atomic E-state index is 4.35. The summed E-state index contributed by atoms with van der Waals surface area (Å²) in [6, 6.07) is 10.8. The Bertz CT molecular complexity index is 940. The van der Waals surface area contributed by atoms with Crippen LogP contribution < -0.4 is 0 Å². The highest BCUT2D eigenvalue weighted by Crippen LogP contribution is 2.24. The molecule has 2 aromatic heterocycles. The van der Waals surface area contributed by atoms with E-state index in [1.165, 1.54) is 44.1 Å². The molecule has 2 heterocycles. The average molecular weight is 322 g/mol. The minimum absolute atomic E-state index is 1.02. The topological polar surface area (TPSA) is 31.6 Å². The van der Waals surface area contributed by atoms with Gasteiger partial charge in [0.1, 0.15) is 0 Å². The lowest BCUT2D eigenvalue weighted by Gasteiger charge is -1.99. The summed E-state index contributed by atoms with van der Waals surface area (Å²) in [6.07, 6.45) is 3.90. The molecular weight excluding hydrogens is 300 g/mol. The summed E-state index contributed by atoms with van der Waals surface area (Å²) < 4.78 is 0. The van der Waals surface area contributed by atoms with Crippen LogP contribution in [0.1, 0.15) is 22.3 Å². The van der Waals surface area contributed by atoms with Gasteiger partial charge in [0.25, 0.3) is 0 Å². The van der Waals surface area contributed by atoms with Crippen LogP contribution in [0.3, 0.4) is 0 Å². The van der Waals surface area contributed by atoms with Crippen molar-refractivity contribution in [1.29, 1.82) is 0 Å². The predicted molar refractivity (Wildman–Crippen MR) is 103 cm³/mol. The zero-order chi connectivity index (χ0) is 16.6. The first-order chi connectivity index (χ1) is 11.0. The Morgan fingerprint density at radius 1 is 0.739 bits per heavy atom. The van der Waals surface area contributed by atoms with E-state index >= 15 is 0 Å². The smallest absolute Gasteiger partial charge is 0.0468 e. The number of hydrogen-bond donors (Lipinski definition) is 3. The van der Waals surface area contributed by atoms with Crippen LogP contribution in [0.4, 0.5) is 0 Å². The van der Waals surface area contributed by atoms with E-state index in [0.717, 1.165) is 4.90 Å². The van der Waals surface area contributed by atoms with Crippen molar-refractivity contribution in [3.05, 3.63) is 65.0 Å². The summed E-state index contributed by atoms with van der Waals surface area (Å²) in [5, 5.41) is 2.51. The van der Waals surface area contributed by atoms with Crippen LogP contribution in [0.25, 0.3) is 21.8 Å². The molecule has 0 spiro atoms. The zero-order valence-corrected chi connectivity index (χ0v) is 14.9. The van der Waals surface area contributed by atoms with Crippen molar-refractivity contribution in [2.24, 2.45) is 0 Å². The van der Waals surface area contributed by atoms with Gasteiger partial charge in [-0.2, -0.15) is 0 Å². The first-order valence-corrected chi connectivity index (χ1v) is 8.22. The number of aromatic nitrogens is 2. The van der Waals surface area contributed by atoms with Crippen LogP contribution in [0.5, 0.6) is 0 Å². The minimum Gasteiger partial charge on any atom is -0.361 e. The van der Waals surface area contributed by atoms with Crippen molar-refractivity contribution in [2.45, 2.75) is 32.6 Å². The maximum Gasteiger partial charge on any atom is 0.0468 e. The quantitative estimate of drug-likeness (QED) is 0.339. The number of nitrogens with one attached hydrogen (secondary N) is 2. The summed E-state index contributed by atoms with van der Waals surface area (Å²) in [7, 11) is 0. The van der Waals surface area contributed by atoms with E-state index < -0.39 is 0 Å². The molecule has 0 aliphatic heterocycles. The number of thiol groups is 1. The van der Waals surface area contributed by atoms with Crippen molar-refractivity contribution in [1.82, 2.24) is 9.97 Å². The Morgan fingerprint density at radius 3 is 2.09 bits per heavy atom. The molecule has 0 radical (unpaired) electrons. The fourth-order valence-electron chi connectivity index (χ4n) is 2.69. The normalized spacial score (nSPS) is 10.8. The molecule has 3 heteroatoms. The molecule has 0 aliphatic rings. The molecule has 0 fully saturated rings. The molecule has 2 aromatic carbocycles. The lowest BCUT2D eigenvalue weighted by Crippen LogP contribution is -1.79. The summed E-state index contributed by atoms with van der Waals surface area (Å²) >= 11 is 4.35. The monoisotopic (exact) mass is 322 g/mol. The third-order valence-electron chi connectivity index (χ3n) is 4.44. The SMILES string of the molecule is Cc1cc2[nH]cc(S)c2cc1C.Cc1cc2cc[nH]c2cc1C. The maximum atomic E-state index is 4.35. The predicted octanol–water partition coefficient (Wildman–Crippen LogP) is 5.86. The van der Waals surface area contributed by atoms with Crippen LogP contribution in [0.2, 0.25) is 0 Å². The number of rotatable bonds is 0. The van der Waals surface area contributed by atoms with Gasteiger partial charge in [-0.15, -0.1) is 12.6 Å². The number of hydrogen-bond acceptors (Lipinski definition) is 1. The van der Waals surface area contributed by atoms with E-state index in [-0.39, 0.29) is 0 Å². The fraction of sp³-hybridized carbons (Fsp3) is 0.200. The molecule has 4 rings (SSSR count). The molecule has 0 aliphatic carbocycles. The summed E-state index contributed by atoms with van der Waals surface area (Å²) in [4.78, 5) is 7.39. The van der Waals surface area contributed by atoms with Gasteiger partial charge in [-0.3, -0.25) is 0 Å². The van der Waals surface area contributed by atoms with Gasteiger partial charge in [0, 0.05) is 33.7 Å². The highest BCUT2D eigenvalue weighted by Gasteiger charge is 2.01. The van der Waals surface area contributed by atoms with Crippen LogP contribution in [-0.2, 0) is 0 Å². The molecule has 23 heavy (non-hydrogen) atoms. The lowest BCUT2D eigenvalue weighted by atomic mass is 10.1.